The van der Waals surface area contributed by atoms with Gasteiger partial charge in [-0.3, -0.25) is 0 Å². The number of aliphatic carboxylic acids is 1. The van der Waals surface area contributed by atoms with Crippen LogP contribution in [0.15, 0.2) is 0 Å². The van der Waals surface area contributed by atoms with Crippen LogP contribution in [0.1, 0.15) is 33.1 Å². The van der Waals surface area contributed by atoms with E-state index in [2.05, 4.69) is 10.6 Å². The van der Waals surface area contributed by atoms with Crippen LogP contribution in [0, 0.1) is 5.92 Å². The highest BCUT2D eigenvalue weighted by Crippen LogP contribution is 2.10. The van der Waals surface area contributed by atoms with E-state index in [0.29, 0.717) is 13.0 Å². The predicted molar refractivity (Wildman–Crippen MR) is 66.4 cm³/mol. The van der Waals surface area contributed by atoms with Crippen molar-refractivity contribution in [3.8, 4) is 0 Å². The average molecular weight is 258 g/mol. The first kappa shape index (κ1) is 14.8. The Morgan fingerprint density at radius 3 is 2.67 bits per heavy atom. The normalized spacial score (nSPS) is 20.7. The Balaban J connectivity index is 2.29. The minimum Gasteiger partial charge on any atom is -0.480 e. The number of hydrogen-bond acceptors (Lipinski definition) is 3. The van der Waals surface area contributed by atoms with Crippen molar-refractivity contribution in [2.45, 2.75) is 45.3 Å². The molecule has 0 aromatic heterocycles. The number of amides is 2. The highest BCUT2D eigenvalue weighted by atomic mass is 16.5. The molecule has 1 aliphatic rings. The standard InChI is InChI=1S/C12H22N2O4/c1-8(2)6-10(11(15)16)14-12(17)13-7-9-4-3-5-18-9/h8-10H,3-7H2,1-2H3,(H,15,16)(H2,13,14,17)/t9-,10-/m0/s1. The molecule has 0 aromatic rings. The Morgan fingerprint density at radius 2 is 2.17 bits per heavy atom. The molecule has 0 spiro atoms. The van der Waals surface area contributed by atoms with Crippen molar-refractivity contribution in [1.82, 2.24) is 10.6 Å². The molecule has 0 bridgehead atoms. The van der Waals surface area contributed by atoms with Crippen molar-refractivity contribution in [1.29, 1.82) is 0 Å². The zero-order valence-electron chi connectivity index (χ0n) is 10.9. The van der Waals surface area contributed by atoms with Crippen molar-refractivity contribution >= 4 is 12.0 Å². The van der Waals surface area contributed by atoms with E-state index in [4.69, 9.17) is 9.84 Å². The summed E-state index contributed by atoms with van der Waals surface area (Å²) in [5, 5.41) is 14.1. The van der Waals surface area contributed by atoms with E-state index < -0.39 is 18.0 Å². The summed E-state index contributed by atoms with van der Waals surface area (Å²) in [5.74, 6) is -0.791. The lowest BCUT2D eigenvalue weighted by Crippen LogP contribution is -2.48. The third-order valence-corrected chi connectivity index (χ3v) is 2.82. The Bertz CT molecular complexity index is 288. The van der Waals surface area contributed by atoms with Gasteiger partial charge in [-0.2, -0.15) is 0 Å². The second-order valence-corrected chi connectivity index (χ2v) is 5.01. The summed E-state index contributed by atoms with van der Waals surface area (Å²) in [6.45, 7) is 5.00. The number of urea groups is 1. The van der Waals surface area contributed by atoms with Gasteiger partial charge in [0.15, 0.2) is 0 Å². The largest absolute Gasteiger partial charge is 0.480 e. The van der Waals surface area contributed by atoms with Crippen LogP contribution in [0.5, 0.6) is 0 Å². The van der Waals surface area contributed by atoms with Gasteiger partial charge in [-0.05, 0) is 25.2 Å². The van der Waals surface area contributed by atoms with Crippen molar-refractivity contribution in [2.24, 2.45) is 5.92 Å². The lowest BCUT2D eigenvalue weighted by molar-refractivity contribution is -0.139. The zero-order valence-corrected chi connectivity index (χ0v) is 10.9. The topological polar surface area (TPSA) is 87.7 Å². The third kappa shape index (κ3) is 5.35. The lowest BCUT2D eigenvalue weighted by Gasteiger charge is -2.18. The fraction of sp³-hybridized carbons (Fsp3) is 0.833. The van der Waals surface area contributed by atoms with Gasteiger partial charge in [0, 0.05) is 13.2 Å². The van der Waals surface area contributed by atoms with Gasteiger partial charge in [0.1, 0.15) is 6.04 Å². The van der Waals surface area contributed by atoms with Gasteiger partial charge in [-0.25, -0.2) is 9.59 Å². The fourth-order valence-electron chi connectivity index (χ4n) is 1.91. The van der Waals surface area contributed by atoms with Gasteiger partial charge in [0.05, 0.1) is 6.10 Å². The maximum Gasteiger partial charge on any atom is 0.326 e. The number of carbonyl (C=O) groups is 2. The quantitative estimate of drug-likeness (QED) is 0.662. The summed E-state index contributed by atoms with van der Waals surface area (Å²) in [6, 6.07) is -1.28. The number of hydrogen-bond donors (Lipinski definition) is 3. The van der Waals surface area contributed by atoms with E-state index in [1.165, 1.54) is 0 Å². The second-order valence-electron chi connectivity index (χ2n) is 5.01. The molecule has 1 fully saturated rings. The first-order chi connectivity index (χ1) is 8.49. The van der Waals surface area contributed by atoms with Crippen LogP contribution in [0.4, 0.5) is 4.79 Å². The molecular formula is C12H22N2O4. The van der Waals surface area contributed by atoms with E-state index >= 15 is 0 Å². The van der Waals surface area contributed by atoms with Crippen LogP contribution < -0.4 is 10.6 Å². The smallest absolute Gasteiger partial charge is 0.326 e. The first-order valence-electron chi connectivity index (χ1n) is 6.37. The SMILES string of the molecule is CC(C)C[C@H](NC(=O)NC[C@@H]1CCCO1)C(=O)O. The minimum absolute atomic E-state index is 0.0594. The van der Waals surface area contributed by atoms with E-state index in [1.54, 1.807) is 0 Å². The number of nitrogens with one attached hydrogen (secondary N) is 2. The molecule has 0 radical (unpaired) electrons. The highest BCUT2D eigenvalue weighted by molar-refractivity contribution is 5.82. The number of carboxylic acid groups (broad SMARTS) is 1. The van der Waals surface area contributed by atoms with Crippen molar-refractivity contribution < 1.29 is 19.4 Å². The number of rotatable bonds is 6. The summed E-state index contributed by atoms with van der Waals surface area (Å²) < 4.78 is 5.36. The van der Waals surface area contributed by atoms with E-state index in [9.17, 15) is 9.59 Å². The molecule has 0 aromatic carbocycles. The van der Waals surface area contributed by atoms with Gasteiger partial charge in [0.25, 0.3) is 0 Å². The van der Waals surface area contributed by atoms with Crippen molar-refractivity contribution in [3.05, 3.63) is 0 Å². The molecule has 2 amide bonds. The van der Waals surface area contributed by atoms with Gasteiger partial charge in [-0.15, -0.1) is 0 Å². The monoisotopic (exact) mass is 258 g/mol. The Hall–Kier alpha value is -1.30. The minimum atomic E-state index is -1.00. The molecular weight excluding hydrogens is 236 g/mol. The summed E-state index contributed by atoms with van der Waals surface area (Å²) in [7, 11) is 0. The van der Waals surface area contributed by atoms with Crippen LogP contribution in [-0.4, -0.2) is 42.4 Å². The molecule has 0 unspecified atom stereocenters. The van der Waals surface area contributed by atoms with E-state index in [0.717, 1.165) is 19.4 Å². The van der Waals surface area contributed by atoms with Crippen molar-refractivity contribution in [2.75, 3.05) is 13.2 Å². The molecule has 1 rings (SSSR count). The summed E-state index contributed by atoms with van der Waals surface area (Å²) in [5.41, 5.74) is 0. The van der Waals surface area contributed by atoms with Crippen LogP contribution in [-0.2, 0) is 9.53 Å². The molecule has 0 saturated carbocycles. The van der Waals surface area contributed by atoms with Crippen LogP contribution in [0.2, 0.25) is 0 Å². The average Bonchev–Trinajstić information content (AvgIpc) is 2.77. The van der Waals surface area contributed by atoms with Gasteiger partial charge in [0.2, 0.25) is 0 Å². The predicted octanol–water partition coefficient (Wildman–Crippen LogP) is 0.964. The van der Waals surface area contributed by atoms with E-state index in [1.807, 2.05) is 13.8 Å². The van der Waals surface area contributed by atoms with Crippen LogP contribution in [0.3, 0.4) is 0 Å². The first-order valence-corrected chi connectivity index (χ1v) is 6.37. The van der Waals surface area contributed by atoms with Crippen molar-refractivity contribution in [3.63, 3.8) is 0 Å². The molecule has 6 nitrogen and oxygen atoms in total. The maximum atomic E-state index is 11.6. The fourth-order valence-corrected chi connectivity index (χ4v) is 1.91. The Morgan fingerprint density at radius 1 is 1.44 bits per heavy atom. The molecule has 1 aliphatic heterocycles. The Labute approximate surface area is 107 Å². The second kappa shape index (κ2) is 7.20. The molecule has 2 atom stereocenters. The number of carboxylic acids is 1. The lowest BCUT2D eigenvalue weighted by atomic mass is 10.0. The van der Waals surface area contributed by atoms with Crippen LogP contribution >= 0.6 is 0 Å². The number of ether oxygens (including phenoxy) is 1. The molecule has 104 valence electrons. The summed E-state index contributed by atoms with van der Waals surface area (Å²) in [6.07, 6.45) is 2.43. The molecule has 3 N–H and O–H groups in total. The zero-order chi connectivity index (χ0) is 13.5. The molecule has 0 aliphatic carbocycles. The van der Waals surface area contributed by atoms with Gasteiger partial charge < -0.3 is 20.5 Å². The molecule has 6 heteroatoms. The van der Waals surface area contributed by atoms with Gasteiger partial charge in [-0.1, -0.05) is 13.8 Å². The Kier molecular flexibility index (Phi) is 5.91. The number of carbonyl (C=O) groups excluding carboxylic acids is 1. The summed E-state index contributed by atoms with van der Waals surface area (Å²) in [4.78, 5) is 22.5. The molecule has 18 heavy (non-hydrogen) atoms. The molecule has 1 saturated heterocycles. The van der Waals surface area contributed by atoms with Gasteiger partial charge >= 0.3 is 12.0 Å². The highest BCUT2D eigenvalue weighted by Gasteiger charge is 2.22. The van der Waals surface area contributed by atoms with E-state index in [-0.39, 0.29) is 12.0 Å². The third-order valence-electron chi connectivity index (χ3n) is 2.82. The van der Waals surface area contributed by atoms with Crippen LogP contribution in [0.25, 0.3) is 0 Å². The summed E-state index contributed by atoms with van der Waals surface area (Å²) >= 11 is 0. The maximum absolute atomic E-state index is 11.6. The molecule has 1 heterocycles.